The Balaban J connectivity index is 1.38. The van der Waals surface area contributed by atoms with Crippen LogP contribution in [0, 0.1) is 27.7 Å². The summed E-state index contributed by atoms with van der Waals surface area (Å²) in [5.41, 5.74) is 18.8. The van der Waals surface area contributed by atoms with E-state index < -0.39 is 0 Å². The molecule has 262 valence electrons. The maximum absolute atomic E-state index is 2.41. The lowest BCUT2D eigenvalue weighted by Gasteiger charge is -2.31. The summed E-state index contributed by atoms with van der Waals surface area (Å²) in [5.74, 6) is 0. The molecule has 0 aliphatic carbocycles. The van der Waals surface area contributed by atoms with E-state index in [1.165, 1.54) is 50.1 Å². The predicted molar refractivity (Wildman–Crippen MR) is 231 cm³/mol. The molecule has 0 unspecified atom stereocenters. The highest BCUT2D eigenvalue weighted by Crippen LogP contribution is 2.50. The van der Waals surface area contributed by atoms with Crippen molar-refractivity contribution in [1.29, 1.82) is 0 Å². The fourth-order valence-corrected chi connectivity index (χ4v) is 7.56. The van der Waals surface area contributed by atoms with E-state index >= 15 is 0 Å². The molecular weight excluding hydrogens is 653 g/mol. The maximum Gasteiger partial charge on any atom is 0.0546 e. The lowest BCUT2D eigenvalue weighted by atomic mass is 9.85. The Bertz CT molecular complexity index is 2530. The minimum Gasteiger partial charge on any atom is -0.310 e. The van der Waals surface area contributed by atoms with Crippen molar-refractivity contribution in [2.24, 2.45) is 0 Å². The summed E-state index contributed by atoms with van der Waals surface area (Å²) in [7, 11) is 0. The molecule has 2 nitrogen and oxygen atoms in total. The van der Waals surface area contributed by atoms with Crippen LogP contribution >= 0.6 is 0 Å². The number of aryl methyl sites for hydroxylation is 4. The number of anilines is 6. The molecule has 0 amide bonds. The Labute approximate surface area is 320 Å². The van der Waals surface area contributed by atoms with Crippen molar-refractivity contribution >= 4 is 34.1 Å². The van der Waals surface area contributed by atoms with Gasteiger partial charge in [-0.15, -0.1) is 0 Å². The molecule has 0 N–H and O–H groups in total. The lowest BCUT2D eigenvalue weighted by Crippen LogP contribution is -2.12. The fraction of sp³-hybridized carbons (Fsp3) is 0.0769. The van der Waals surface area contributed by atoms with Crippen LogP contribution in [0.25, 0.3) is 33.4 Å². The molecule has 8 rings (SSSR count). The summed E-state index contributed by atoms with van der Waals surface area (Å²) in [6, 6.07) is 70.5. The SMILES string of the molecule is Cc1cccc(-c2c(-c3ccc(N(c4ccccc4)c4cccc(C)c4)cc3)ccc(N(c3ccccc3)c3cccc(C)c3)c2-c2cccc(C)c2)c1. The minimum absolute atomic E-state index is 1.11. The molecule has 0 saturated carbocycles. The van der Waals surface area contributed by atoms with Crippen LogP contribution < -0.4 is 9.80 Å². The highest BCUT2D eigenvalue weighted by Gasteiger charge is 2.24. The van der Waals surface area contributed by atoms with Crippen LogP contribution in [0.5, 0.6) is 0 Å². The van der Waals surface area contributed by atoms with Gasteiger partial charge in [0.25, 0.3) is 0 Å². The van der Waals surface area contributed by atoms with Gasteiger partial charge in [0, 0.05) is 34.0 Å². The molecular formula is C52H44N2. The van der Waals surface area contributed by atoms with Gasteiger partial charge in [0.2, 0.25) is 0 Å². The smallest absolute Gasteiger partial charge is 0.0546 e. The molecule has 0 atom stereocenters. The Hall–Kier alpha value is -6.64. The van der Waals surface area contributed by atoms with Crippen molar-refractivity contribution in [2.45, 2.75) is 27.7 Å². The second-order valence-electron chi connectivity index (χ2n) is 14.2. The average Bonchev–Trinajstić information content (AvgIpc) is 3.19. The fourth-order valence-electron chi connectivity index (χ4n) is 7.56. The molecule has 0 radical (unpaired) electrons. The van der Waals surface area contributed by atoms with Crippen molar-refractivity contribution in [3.05, 3.63) is 216 Å². The number of hydrogen-bond donors (Lipinski definition) is 0. The molecule has 0 fully saturated rings. The zero-order valence-electron chi connectivity index (χ0n) is 31.4. The van der Waals surface area contributed by atoms with E-state index in [2.05, 4.69) is 232 Å². The van der Waals surface area contributed by atoms with E-state index in [0.717, 1.165) is 39.7 Å². The summed E-state index contributed by atoms with van der Waals surface area (Å²) in [4.78, 5) is 4.75. The quantitative estimate of drug-likeness (QED) is 0.148. The van der Waals surface area contributed by atoms with Gasteiger partial charge in [-0.1, -0.05) is 139 Å². The first-order valence-corrected chi connectivity index (χ1v) is 18.7. The largest absolute Gasteiger partial charge is 0.310 e. The van der Waals surface area contributed by atoms with Crippen LogP contribution in [-0.4, -0.2) is 0 Å². The van der Waals surface area contributed by atoms with Crippen LogP contribution in [0.4, 0.5) is 34.1 Å². The predicted octanol–water partition coefficient (Wildman–Crippen LogP) is 14.9. The van der Waals surface area contributed by atoms with E-state index in [9.17, 15) is 0 Å². The van der Waals surface area contributed by atoms with Gasteiger partial charge in [-0.3, -0.25) is 0 Å². The first kappa shape index (κ1) is 34.4. The minimum atomic E-state index is 1.11. The zero-order chi connectivity index (χ0) is 37.0. The van der Waals surface area contributed by atoms with Crippen molar-refractivity contribution in [3.8, 4) is 33.4 Å². The molecule has 0 aliphatic rings. The van der Waals surface area contributed by atoms with E-state index in [-0.39, 0.29) is 0 Å². The standard InChI is InChI=1S/C52H44N2/c1-37-15-11-19-42(33-37)51-49(41-27-29-46(30-28-41)53(44-21-7-5-8-22-44)47-25-13-17-39(3)35-47)31-32-50(52(51)43-20-12-16-38(2)34-43)54(45-23-9-6-10-24-45)48-26-14-18-40(4)36-48/h5-36H,1-4H3. The van der Waals surface area contributed by atoms with Gasteiger partial charge in [-0.2, -0.15) is 0 Å². The Morgan fingerprint density at radius 1 is 0.278 bits per heavy atom. The topological polar surface area (TPSA) is 6.48 Å². The second kappa shape index (κ2) is 15.1. The summed E-state index contributed by atoms with van der Waals surface area (Å²) in [6.07, 6.45) is 0. The first-order valence-electron chi connectivity index (χ1n) is 18.7. The molecule has 0 heterocycles. The van der Waals surface area contributed by atoms with Crippen molar-refractivity contribution in [3.63, 3.8) is 0 Å². The average molecular weight is 697 g/mol. The van der Waals surface area contributed by atoms with Crippen LogP contribution in [0.2, 0.25) is 0 Å². The second-order valence-corrected chi connectivity index (χ2v) is 14.2. The molecule has 0 bridgehead atoms. The Kier molecular flexibility index (Phi) is 9.66. The van der Waals surface area contributed by atoms with E-state index in [4.69, 9.17) is 0 Å². The van der Waals surface area contributed by atoms with Crippen molar-refractivity contribution in [1.82, 2.24) is 0 Å². The third kappa shape index (κ3) is 7.07. The van der Waals surface area contributed by atoms with Crippen LogP contribution in [0.15, 0.2) is 194 Å². The van der Waals surface area contributed by atoms with Gasteiger partial charge in [0.05, 0.1) is 5.69 Å². The summed E-state index contributed by atoms with van der Waals surface area (Å²) in [6.45, 7) is 8.67. The third-order valence-electron chi connectivity index (χ3n) is 10.0. The Morgan fingerprint density at radius 2 is 0.704 bits per heavy atom. The molecule has 0 aliphatic heterocycles. The summed E-state index contributed by atoms with van der Waals surface area (Å²) >= 11 is 0. The third-order valence-corrected chi connectivity index (χ3v) is 10.0. The highest BCUT2D eigenvalue weighted by atomic mass is 15.1. The summed E-state index contributed by atoms with van der Waals surface area (Å²) in [5, 5.41) is 0. The van der Waals surface area contributed by atoms with Crippen molar-refractivity contribution in [2.75, 3.05) is 9.80 Å². The maximum atomic E-state index is 2.41. The molecule has 8 aromatic carbocycles. The van der Waals surface area contributed by atoms with E-state index in [1.54, 1.807) is 0 Å². The number of para-hydroxylation sites is 2. The zero-order valence-corrected chi connectivity index (χ0v) is 31.4. The molecule has 0 spiro atoms. The van der Waals surface area contributed by atoms with Gasteiger partial charge < -0.3 is 9.80 Å². The Morgan fingerprint density at radius 3 is 1.22 bits per heavy atom. The summed E-state index contributed by atoms with van der Waals surface area (Å²) < 4.78 is 0. The lowest BCUT2D eigenvalue weighted by molar-refractivity contribution is 1.27. The van der Waals surface area contributed by atoms with Crippen LogP contribution in [0.1, 0.15) is 22.3 Å². The van der Waals surface area contributed by atoms with E-state index in [0.29, 0.717) is 0 Å². The monoisotopic (exact) mass is 696 g/mol. The molecule has 2 heteroatoms. The number of nitrogens with zero attached hydrogens (tertiary/aromatic N) is 2. The molecule has 0 saturated heterocycles. The number of hydrogen-bond acceptors (Lipinski definition) is 2. The van der Waals surface area contributed by atoms with Gasteiger partial charge >= 0.3 is 0 Å². The van der Waals surface area contributed by atoms with Crippen LogP contribution in [-0.2, 0) is 0 Å². The van der Waals surface area contributed by atoms with Gasteiger partial charge in [0.15, 0.2) is 0 Å². The number of rotatable bonds is 9. The van der Waals surface area contributed by atoms with Gasteiger partial charge in [-0.05, 0) is 133 Å². The molecule has 0 aromatic heterocycles. The normalized spacial score (nSPS) is 11.0. The molecule has 8 aromatic rings. The molecule has 54 heavy (non-hydrogen) atoms. The van der Waals surface area contributed by atoms with Crippen molar-refractivity contribution < 1.29 is 0 Å². The van der Waals surface area contributed by atoms with E-state index in [1.807, 2.05) is 0 Å². The first-order chi connectivity index (χ1) is 26.4. The number of benzene rings is 8. The van der Waals surface area contributed by atoms with Gasteiger partial charge in [-0.25, -0.2) is 0 Å². The van der Waals surface area contributed by atoms with Gasteiger partial charge in [0.1, 0.15) is 0 Å². The highest BCUT2D eigenvalue weighted by molar-refractivity contribution is 6.03. The van der Waals surface area contributed by atoms with Crippen LogP contribution in [0.3, 0.4) is 0 Å².